The van der Waals surface area contributed by atoms with Crippen LogP contribution in [0.25, 0.3) is 127 Å². The van der Waals surface area contributed by atoms with E-state index in [1.54, 1.807) is 0 Å². The summed E-state index contributed by atoms with van der Waals surface area (Å²) in [4.78, 5) is 22.3. The number of H-pyrrole nitrogens is 1. The maximum absolute atomic E-state index is 5.12. The average Bonchev–Trinajstić information content (AvgIpc) is 4.46. The molecule has 364 valence electrons. The van der Waals surface area contributed by atoms with Crippen LogP contribution in [0.1, 0.15) is 0 Å². The molecule has 0 aliphatic carbocycles. The van der Waals surface area contributed by atoms with Crippen LogP contribution in [-0.4, -0.2) is 38.6 Å². The van der Waals surface area contributed by atoms with E-state index in [4.69, 9.17) is 9.97 Å². The van der Waals surface area contributed by atoms with E-state index in [0.717, 1.165) is 82.6 Å². The fraction of sp³-hybridized carbons (Fsp3) is 0. The van der Waals surface area contributed by atoms with Gasteiger partial charge in [-0.2, -0.15) is 0 Å². The summed E-state index contributed by atoms with van der Waals surface area (Å²) in [7, 11) is 0. The molecule has 77 heavy (non-hydrogen) atoms. The molecule has 0 saturated heterocycles. The highest BCUT2D eigenvalue weighted by molar-refractivity contribution is 9.10. The van der Waals surface area contributed by atoms with Gasteiger partial charge in [-0.05, 0) is 147 Å². The molecular formula is C68H45BrN8. The number of halogens is 1. The Hall–Kier alpha value is -9.96. The molecule has 0 aliphatic heterocycles. The third kappa shape index (κ3) is 8.36. The standard InChI is InChI=1S/C34H22N4.C23H15N3.C11H8BrN/c1-2-9-24(10-3-1)29-12-6-14-32(36-29)38-31-13-7-20-35-33(31)28-17-18-30-27(34(28)38)19-21-37(30)26-16-15-23-8-4-5-11-25(23)22-26;1-2-5-16-14-17(8-7-15(16)4-1)26-13-11-18-21(26)10-9-19-22(18)25-20-6-3-12-24-23(19)20;12-11-8-4-7-10(13-11)9-5-2-1-3-6-9/h1-22H;1-14,25H;1-8H. The summed E-state index contributed by atoms with van der Waals surface area (Å²) in [5.41, 5.74) is 15.2. The Morgan fingerprint density at radius 1 is 0.377 bits per heavy atom. The highest BCUT2D eigenvalue weighted by Crippen LogP contribution is 2.38. The lowest BCUT2D eigenvalue weighted by molar-refractivity contribution is 1.08. The topological polar surface area (TPSA) is 82.1 Å². The Bertz CT molecular complexity index is 4840. The van der Waals surface area contributed by atoms with Crippen molar-refractivity contribution in [1.82, 2.24) is 38.6 Å². The molecule has 0 radical (unpaired) electrons. The summed E-state index contributed by atoms with van der Waals surface area (Å²) in [5.74, 6) is 0.880. The van der Waals surface area contributed by atoms with Crippen LogP contribution < -0.4 is 0 Å². The van der Waals surface area contributed by atoms with E-state index >= 15 is 0 Å². The van der Waals surface area contributed by atoms with Crippen molar-refractivity contribution in [3.63, 3.8) is 0 Å². The molecule has 0 unspecified atom stereocenters. The van der Waals surface area contributed by atoms with Gasteiger partial charge in [-0.15, -0.1) is 0 Å². The van der Waals surface area contributed by atoms with Gasteiger partial charge in [-0.3, -0.25) is 14.5 Å². The molecule has 8 aromatic heterocycles. The van der Waals surface area contributed by atoms with Crippen molar-refractivity contribution < 1.29 is 0 Å². The van der Waals surface area contributed by atoms with Gasteiger partial charge in [0.05, 0.1) is 55.5 Å². The van der Waals surface area contributed by atoms with E-state index in [9.17, 15) is 0 Å². The van der Waals surface area contributed by atoms with Crippen LogP contribution in [0.5, 0.6) is 0 Å². The Balaban J connectivity index is 0.000000119. The predicted molar refractivity (Wildman–Crippen MR) is 321 cm³/mol. The van der Waals surface area contributed by atoms with Gasteiger partial charge in [0.25, 0.3) is 0 Å². The molecule has 8 heterocycles. The largest absolute Gasteiger partial charge is 0.353 e. The van der Waals surface area contributed by atoms with E-state index in [1.165, 1.54) is 48.9 Å². The molecule has 16 aromatic rings. The van der Waals surface area contributed by atoms with Gasteiger partial charge in [0, 0.05) is 68.8 Å². The molecule has 8 aromatic carbocycles. The number of pyridine rings is 4. The van der Waals surface area contributed by atoms with Gasteiger partial charge in [-0.1, -0.05) is 133 Å². The number of nitrogens with one attached hydrogen (secondary N) is 1. The highest BCUT2D eigenvalue weighted by Gasteiger charge is 2.19. The van der Waals surface area contributed by atoms with Crippen molar-refractivity contribution in [2.75, 3.05) is 0 Å². The zero-order valence-electron chi connectivity index (χ0n) is 41.4. The zero-order valence-corrected chi connectivity index (χ0v) is 43.0. The molecule has 8 nitrogen and oxygen atoms in total. The van der Waals surface area contributed by atoms with Gasteiger partial charge >= 0.3 is 0 Å². The van der Waals surface area contributed by atoms with E-state index in [1.807, 2.05) is 79.1 Å². The second-order valence-electron chi connectivity index (χ2n) is 18.9. The van der Waals surface area contributed by atoms with Crippen LogP contribution in [0, 0.1) is 0 Å². The number of fused-ring (bicyclic) bond motifs is 12. The minimum Gasteiger partial charge on any atom is -0.353 e. The molecule has 9 heteroatoms. The Morgan fingerprint density at radius 2 is 0.935 bits per heavy atom. The van der Waals surface area contributed by atoms with Crippen LogP contribution >= 0.6 is 15.9 Å². The number of rotatable bonds is 5. The molecule has 0 saturated carbocycles. The molecule has 16 rings (SSSR count). The van der Waals surface area contributed by atoms with E-state index in [-0.39, 0.29) is 0 Å². The van der Waals surface area contributed by atoms with Crippen molar-refractivity contribution in [3.05, 3.63) is 272 Å². The maximum atomic E-state index is 5.12. The SMILES string of the molecule is Brc1cccc(-c2ccccc2)n1.c1ccc(-c2cccc(-n3c4cccnc4c4ccc5c(ccn5-c5ccc6ccccc6c5)c43)n2)cc1.c1ccc2cc(-n3ccc4c5[nH]c6cccnc6c5ccc43)ccc2c1. The van der Waals surface area contributed by atoms with Gasteiger partial charge in [0.15, 0.2) is 0 Å². The molecule has 1 N–H and O–H groups in total. The van der Waals surface area contributed by atoms with Gasteiger partial charge in [-0.25, -0.2) is 9.97 Å². The third-order valence-corrected chi connectivity index (χ3v) is 14.8. The number of benzene rings is 8. The second kappa shape index (κ2) is 19.4. The summed E-state index contributed by atoms with van der Waals surface area (Å²) >= 11 is 3.35. The molecule has 0 bridgehead atoms. The first-order valence-electron chi connectivity index (χ1n) is 25.5. The zero-order chi connectivity index (χ0) is 51.2. The van der Waals surface area contributed by atoms with Gasteiger partial charge < -0.3 is 14.1 Å². The first kappa shape index (κ1) is 45.6. The Labute approximate surface area is 451 Å². The van der Waals surface area contributed by atoms with Crippen LogP contribution in [-0.2, 0) is 0 Å². The van der Waals surface area contributed by atoms with Crippen LogP contribution in [0.3, 0.4) is 0 Å². The lowest BCUT2D eigenvalue weighted by Crippen LogP contribution is -1.99. The first-order chi connectivity index (χ1) is 38.1. The maximum Gasteiger partial charge on any atom is 0.138 e. The Kier molecular flexibility index (Phi) is 11.5. The normalized spacial score (nSPS) is 11.4. The van der Waals surface area contributed by atoms with Crippen molar-refractivity contribution >= 4 is 103 Å². The van der Waals surface area contributed by atoms with Crippen molar-refractivity contribution in [2.45, 2.75) is 0 Å². The van der Waals surface area contributed by atoms with Crippen LogP contribution in [0.4, 0.5) is 0 Å². The highest BCUT2D eigenvalue weighted by atomic mass is 79.9. The van der Waals surface area contributed by atoms with E-state index < -0.39 is 0 Å². The van der Waals surface area contributed by atoms with Gasteiger partial charge in [0.2, 0.25) is 0 Å². The monoisotopic (exact) mass is 1050 g/mol. The molecule has 0 fully saturated rings. The van der Waals surface area contributed by atoms with Crippen LogP contribution in [0.2, 0.25) is 0 Å². The molecule has 0 aliphatic rings. The summed E-state index contributed by atoms with van der Waals surface area (Å²) < 4.78 is 7.65. The first-order valence-corrected chi connectivity index (χ1v) is 26.3. The van der Waals surface area contributed by atoms with Crippen molar-refractivity contribution in [2.24, 2.45) is 0 Å². The molecule has 0 amide bonds. The lowest BCUT2D eigenvalue weighted by Gasteiger charge is -2.11. The number of aromatic nitrogens is 8. The van der Waals surface area contributed by atoms with Gasteiger partial charge in [0.1, 0.15) is 10.4 Å². The molecule has 0 spiro atoms. The van der Waals surface area contributed by atoms with Crippen molar-refractivity contribution in [1.29, 1.82) is 0 Å². The molecular weight excluding hydrogens is 1010 g/mol. The summed E-state index contributed by atoms with van der Waals surface area (Å²) in [6.07, 6.45) is 8.02. The number of nitrogens with zero attached hydrogens (tertiary/aromatic N) is 7. The van der Waals surface area contributed by atoms with E-state index in [0.29, 0.717) is 0 Å². The fourth-order valence-electron chi connectivity index (χ4n) is 10.8. The lowest BCUT2D eigenvalue weighted by atomic mass is 10.1. The minimum absolute atomic E-state index is 0.869. The number of hydrogen-bond donors (Lipinski definition) is 1. The Morgan fingerprint density at radius 3 is 1.60 bits per heavy atom. The molecule has 0 atom stereocenters. The van der Waals surface area contributed by atoms with E-state index in [2.05, 4.69) is 233 Å². The number of aromatic amines is 1. The minimum atomic E-state index is 0.869. The second-order valence-corrected chi connectivity index (χ2v) is 19.8. The predicted octanol–water partition coefficient (Wildman–Crippen LogP) is 17.7. The number of hydrogen-bond acceptors (Lipinski definition) is 4. The smallest absolute Gasteiger partial charge is 0.138 e. The average molecular weight is 1050 g/mol. The van der Waals surface area contributed by atoms with Crippen molar-refractivity contribution in [3.8, 4) is 39.7 Å². The van der Waals surface area contributed by atoms with Crippen LogP contribution in [0.15, 0.2) is 272 Å². The summed E-state index contributed by atoms with van der Waals surface area (Å²) in [5, 5.41) is 9.66. The fourth-order valence-corrected chi connectivity index (χ4v) is 11.1. The summed E-state index contributed by atoms with van der Waals surface area (Å²) in [6, 6.07) is 84.1. The summed E-state index contributed by atoms with van der Waals surface area (Å²) in [6.45, 7) is 0. The third-order valence-electron chi connectivity index (χ3n) is 14.4. The quantitative estimate of drug-likeness (QED) is 0.174.